The lowest BCUT2D eigenvalue weighted by Crippen LogP contribution is -2.41. The summed E-state index contributed by atoms with van der Waals surface area (Å²) >= 11 is 12.4. The summed E-state index contributed by atoms with van der Waals surface area (Å²) in [5.74, 6) is -1.04. The predicted octanol–water partition coefficient (Wildman–Crippen LogP) is 4.92. The summed E-state index contributed by atoms with van der Waals surface area (Å²) in [4.78, 5) is 42.7. The quantitative estimate of drug-likeness (QED) is 0.495. The predicted molar refractivity (Wildman–Crippen MR) is 122 cm³/mol. The average Bonchev–Trinajstić information content (AvgIpc) is 2.73. The Labute approximate surface area is 201 Å². The fourth-order valence-electron chi connectivity index (χ4n) is 2.59. The second-order valence-electron chi connectivity index (χ2n) is 7.53. The molecule has 2 amide bonds. The summed E-state index contributed by atoms with van der Waals surface area (Å²) in [5.41, 5.74) is -0.975. The molecule has 0 saturated heterocycles. The maximum Gasteiger partial charge on any atom is 0.422 e. The van der Waals surface area contributed by atoms with E-state index in [2.05, 4.69) is 4.98 Å². The van der Waals surface area contributed by atoms with Crippen molar-refractivity contribution in [2.45, 2.75) is 33.3 Å². The molecule has 0 saturated carbocycles. The smallest absolute Gasteiger partial charge is 0.422 e. The van der Waals surface area contributed by atoms with Gasteiger partial charge in [-0.05, 0) is 45.9 Å². The van der Waals surface area contributed by atoms with Crippen molar-refractivity contribution in [1.82, 2.24) is 4.98 Å². The topological polar surface area (TPSA) is 104 Å². The molecule has 0 bridgehead atoms. The second-order valence-corrected chi connectivity index (χ2v) is 8.35. The zero-order valence-corrected chi connectivity index (χ0v) is 20.3. The summed E-state index contributed by atoms with van der Waals surface area (Å²) in [7, 11) is 1.40. The lowest BCUT2D eigenvalue weighted by Gasteiger charge is -2.27. The number of carbonyl (C=O) groups excluding carboxylic acids is 3. The molecule has 0 fully saturated rings. The van der Waals surface area contributed by atoms with E-state index >= 15 is 0 Å². The van der Waals surface area contributed by atoms with E-state index in [1.165, 1.54) is 37.7 Å². The van der Waals surface area contributed by atoms with Crippen LogP contribution in [0.1, 0.15) is 38.1 Å². The van der Waals surface area contributed by atoms with Crippen molar-refractivity contribution in [2.75, 3.05) is 25.2 Å². The van der Waals surface area contributed by atoms with E-state index in [-0.39, 0.29) is 39.4 Å². The van der Waals surface area contributed by atoms with Gasteiger partial charge in [-0.15, -0.1) is 0 Å². The zero-order valence-electron chi connectivity index (χ0n) is 18.8. The van der Waals surface area contributed by atoms with E-state index in [0.717, 1.165) is 0 Å². The van der Waals surface area contributed by atoms with Gasteiger partial charge in [-0.3, -0.25) is 9.78 Å². The number of aromatic nitrogens is 1. The van der Waals surface area contributed by atoms with Crippen molar-refractivity contribution in [3.05, 3.63) is 46.2 Å². The van der Waals surface area contributed by atoms with Crippen LogP contribution in [0, 0.1) is 0 Å². The Morgan fingerprint density at radius 3 is 2.24 bits per heavy atom. The Morgan fingerprint density at radius 1 is 1.06 bits per heavy atom. The average molecular weight is 499 g/mol. The van der Waals surface area contributed by atoms with Crippen LogP contribution in [0.5, 0.6) is 11.5 Å². The molecule has 0 aliphatic heterocycles. The maximum atomic E-state index is 13.5. The highest BCUT2D eigenvalue weighted by Crippen LogP contribution is 2.36. The molecule has 0 N–H and O–H groups in total. The van der Waals surface area contributed by atoms with Crippen molar-refractivity contribution in [2.24, 2.45) is 0 Å². The molecule has 2 aromatic rings. The van der Waals surface area contributed by atoms with E-state index in [0.29, 0.717) is 4.90 Å². The van der Waals surface area contributed by atoms with Crippen molar-refractivity contribution >= 4 is 46.9 Å². The molecular formula is C22H24Cl2N2O7. The first-order valence-electron chi connectivity index (χ1n) is 9.81. The molecule has 2 rings (SSSR count). The van der Waals surface area contributed by atoms with E-state index in [1.54, 1.807) is 27.7 Å². The fraction of sp³-hybridized carbons (Fsp3) is 0.364. The number of hydrogen-bond donors (Lipinski definition) is 0. The van der Waals surface area contributed by atoms with Crippen LogP contribution in [0.25, 0.3) is 0 Å². The highest BCUT2D eigenvalue weighted by molar-refractivity contribution is 6.41. The number of carbonyl (C=O) groups is 3. The molecule has 33 heavy (non-hydrogen) atoms. The largest absolute Gasteiger partial charge is 0.493 e. The number of anilines is 1. The van der Waals surface area contributed by atoms with Crippen LogP contribution in [0.3, 0.4) is 0 Å². The van der Waals surface area contributed by atoms with E-state index < -0.39 is 30.2 Å². The molecule has 11 heteroatoms. The fourth-order valence-corrected chi connectivity index (χ4v) is 3.13. The van der Waals surface area contributed by atoms with Crippen LogP contribution >= 0.6 is 23.2 Å². The molecule has 0 radical (unpaired) electrons. The first-order valence-corrected chi connectivity index (χ1v) is 10.6. The Hall–Kier alpha value is -3.04. The van der Waals surface area contributed by atoms with Crippen LogP contribution in [0.2, 0.25) is 10.0 Å². The normalized spacial score (nSPS) is 10.9. The molecule has 0 atom stereocenters. The summed E-state index contributed by atoms with van der Waals surface area (Å²) in [6.45, 7) is 6.41. The van der Waals surface area contributed by atoms with Gasteiger partial charge in [0.05, 0.1) is 29.4 Å². The molecule has 0 aliphatic rings. The van der Waals surface area contributed by atoms with Crippen LogP contribution in [0.15, 0.2) is 30.6 Å². The van der Waals surface area contributed by atoms with E-state index in [9.17, 15) is 14.4 Å². The Balaban J connectivity index is 2.50. The van der Waals surface area contributed by atoms with Gasteiger partial charge in [0.1, 0.15) is 5.60 Å². The van der Waals surface area contributed by atoms with Gasteiger partial charge < -0.3 is 18.9 Å². The second kappa shape index (κ2) is 11.2. The number of pyridine rings is 1. The standard InChI is InChI=1S/C22H24Cl2N2O7/c1-6-31-18(27)12-32-17-9-13(7-8-16(17)30-5)20(28)26(21(29)33-22(2,3)4)19-14(23)10-25-11-15(19)24/h7-11H,6,12H2,1-5H3. The first-order chi connectivity index (χ1) is 15.5. The van der Waals surface area contributed by atoms with Crippen LogP contribution in [0.4, 0.5) is 10.5 Å². The molecule has 1 heterocycles. The molecule has 0 aliphatic carbocycles. The van der Waals surface area contributed by atoms with Gasteiger partial charge in [-0.25, -0.2) is 14.5 Å². The summed E-state index contributed by atoms with van der Waals surface area (Å²) < 4.78 is 20.9. The highest BCUT2D eigenvalue weighted by Gasteiger charge is 2.33. The van der Waals surface area contributed by atoms with Gasteiger partial charge in [-0.2, -0.15) is 0 Å². The number of methoxy groups -OCH3 is 1. The number of imide groups is 1. The number of esters is 1. The summed E-state index contributed by atoms with van der Waals surface area (Å²) in [5, 5.41) is -0.0667. The van der Waals surface area contributed by atoms with Crippen LogP contribution in [-0.2, 0) is 14.3 Å². The van der Waals surface area contributed by atoms with Gasteiger partial charge in [0, 0.05) is 18.0 Å². The number of halogens is 2. The van der Waals surface area contributed by atoms with Gasteiger partial charge >= 0.3 is 12.1 Å². The SMILES string of the molecule is CCOC(=O)COc1cc(C(=O)N(C(=O)OC(C)(C)C)c2c(Cl)cncc2Cl)ccc1OC. The summed E-state index contributed by atoms with van der Waals surface area (Å²) in [6.07, 6.45) is 1.50. The Kier molecular flexibility index (Phi) is 8.90. The maximum absolute atomic E-state index is 13.5. The number of amides is 2. The summed E-state index contributed by atoms with van der Waals surface area (Å²) in [6, 6.07) is 4.19. The lowest BCUT2D eigenvalue weighted by atomic mass is 10.1. The lowest BCUT2D eigenvalue weighted by molar-refractivity contribution is -0.145. The van der Waals surface area contributed by atoms with E-state index in [4.69, 9.17) is 42.1 Å². The molecule has 0 spiro atoms. The zero-order chi connectivity index (χ0) is 24.8. The number of hydrogen-bond acceptors (Lipinski definition) is 8. The third-order valence-electron chi connectivity index (χ3n) is 3.89. The van der Waals surface area contributed by atoms with E-state index in [1.807, 2.05) is 0 Å². The molecule has 1 aromatic carbocycles. The van der Waals surface area contributed by atoms with Gasteiger partial charge in [-0.1, -0.05) is 23.2 Å². The van der Waals surface area contributed by atoms with Gasteiger partial charge in [0.15, 0.2) is 18.1 Å². The van der Waals surface area contributed by atoms with Crippen LogP contribution < -0.4 is 14.4 Å². The molecular weight excluding hydrogens is 475 g/mol. The minimum absolute atomic E-state index is 0.0180. The van der Waals surface area contributed by atoms with Crippen molar-refractivity contribution in [3.63, 3.8) is 0 Å². The molecule has 0 unspecified atom stereocenters. The van der Waals surface area contributed by atoms with Crippen molar-refractivity contribution in [1.29, 1.82) is 0 Å². The Bertz CT molecular complexity index is 1020. The van der Waals surface area contributed by atoms with Gasteiger partial charge in [0.25, 0.3) is 5.91 Å². The molecule has 9 nitrogen and oxygen atoms in total. The minimum Gasteiger partial charge on any atom is -0.493 e. The molecule has 1 aromatic heterocycles. The third-order valence-corrected chi connectivity index (χ3v) is 4.45. The Morgan fingerprint density at radius 2 is 1.70 bits per heavy atom. The number of rotatable bonds is 7. The van der Waals surface area contributed by atoms with Crippen LogP contribution in [-0.4, -0.2) is 48.9 Å². The number of ether oxygens (including phenoxy) is 4. The first kappa shape index (κ1) is 26.2. The monoisotopic (exact) mass is 498 g/mol. The highest BCUT2D eigenvalue weighted by atomic mass is 35.5. The molecule has 178 valence electrons. The van der Waals surface area contributed by atoms with Crippen molar-refractivity contribution in [3.8, 4) is 11.5 Å². The minimum atomic E-state index is -0.993. The number of benzene rings is 1. The third kappa shape index (κ3) is 6.97. The van der Waals surface area contributed by atoms with Crippen molar-refractivity contribution < 1.29 is 33.3 Å². The van der Waals surface area contributed by atoms with Gasteiger partial charge in [0.2, 0.25) is 0 Å². The number of nitrogens with zero attached hydrogens (tertiary/aromatic N) is 2.